The Morgan fingerprint density at radius 2 is 1.96 bits per heavy atom. The van der Waals surface area contributed by atoms with Gasteiger partial charge in [0, 0.05) is 36.1 Å². The van der Waals surface area contributed by atoms with Gasteiger partial charge in [-0.1, -0.05) is 41.9 Å². The van der Waals surface area contributed by atoms with Crippen LogP contribution < -0.4 is 5.32 Å². The minimum absolute atomic E-state index is 0.0183. The number of aromatic nitrogens is 2. The largest absolute Gasteiger partial charge is 0.383 e. The van der Waals surface area contributed by atoms with Crippen molar-refractivity contribution in [3.05, 3.63) is 82.6 Å². The van der Waals surface area contributed by atoms with Gasteiger partial charge in [-0.3, -0.25) is 9.48 Å². The number of methoxy groups -OCH3 is 1. The summed E-state index contributed by atoms with van der Waals surface area (Å²) in [5.74, 6) is -0.0183. The molecule has 28 heavy (non-hydrogen) atoms. The van der Waals surface area contributed by atoms with Crippen molar-refractivity contribution in [3.8, 4) is 0 Å². The summed E-state index contributed by atoms with van der Waals surface area (Å²) in [6.07, 6.45) is 3.43. The molecule has 4 rings (SSSR count). The zero-order valence-electron chi connectivity index (χ0n) is 15.5. The van der Waals surface area contributed by atoms with Crippen LogP contribution in [0.25, 0.3) is 0 Å². The van der Waals surface area contributed by atoms with E-state index in [2.05, 4.69) is 10.4 Å². The van der Waals surface area contributed by atoms with E-state index in [1.54, 1.807) is 18.2 Å². The Kier molecular flexibility index (Phi) is 5.32. The summed E-state index contributed by atoms with van der Waals surface area (Å²) in [5, 5.41) is 8.64. The summed E-state index contributed by atoms with van der Waals surface area (Å²) in [5.41, 5.74) is 3.39. The first-order valence-electron chi connectivity index (χ1n) is 9.08. The van der Waals surface area contributed by atoms with Crippen LogP contribution in [0, 0.1) is 0 Å². The lowest BCUT2D eigenvalue weighted by molar-refractivity contribution is 0.0609. The Hall–Kier alpha value is -2.83. The van der Waals surface area contributed by atoms with Gasteiger partial charge in [0.25, 0.3) is 5.91 Å². The van der Waals surface area contributed by atoms with E-state index in [-0.39, 0.29) is 12.1 Å². The van der Waals surface area contributed by atoms with Gasteiger partial charge in [0.2, 0.25) is 0 Å². The van der Waals surface area contributed by atoms with Gasteiger partial charge < -0.3 is 15.0 Å². The van der Waals surface area contributed by atoms with Crippen LogP contribution >= 0.6 is 11.6 Å². The lowest BCUT2D eigenvalue weighted by atomic mass is 10.1. The molecule has 0 bridgehead atoms. The van der Waals surface area contributed by atoms with Crippen LogP contribution in [0.2, 0.25) is 5.02 Å². The van der Waals surface area contributed by atoms with Crippen LogP contribution in [0.3, 0.4) is 0 Å². The molecule has 0 radical (unpaired) electrons. The molecule has 0 unspecified atom stereocenters. The molecule has 144 valence electrons. The fourth-order valence-corrected chi connectivity index (χ4v) is 3.58. The van der Waals surface area contributed by atoms with Crippen LogP contribution in [0.15, 0.2) is 60.9 Å². The molecule has 1 aromatic heterocycles. The van der Waals surface area contributed by atoms with E-state index in [0.717, 1.165) is 16.8 Å². The zero-order valence-corrected chi connectivity index (χ0v) is 16.3. The Morgan fingerprint density at radius 1 is 1.18 bits per heavy atom. The van der Waals surface area contributed by atoms with E-state index in [9.17, 15) is 4.79 Å². The topological polar surface area (TPSA) is 59.4 Å². The standard InChI is InChI=1S/C21H21ClN4O2/c1-28-11-10-26-20(24-19-9-5-3-7-17(19)21(26)27)16-12-23-25(14-16)13-15-6-2-4-8-18(15)22/h2-9,12,14,20,24H,10-11,13H2,1H3/t20-/m0/s1. The third kappa shape index (κ3) is 3.61. The Balaban J connectivity index is 1.62. The molecule has 2 aromatic carbocycles. The summed E-state index contributed by atoms with van der Waals surface area (Å²) < 4.78 is 7.04. The minimum Gasteiger partial charge on any atom is -0.383 e. The maximum absolute atomic E-state index is 13.0. The van der Waals surface area contributed by atoms with Crippen molar-refractivity contribution >= 4 is 23.2 Å². The number of carbonyl (C=O) groups is 1. The predicted molar refractivity (Wildman–Crippen MR) is 108 cm³/mol. The van der Waals surface area contributed by atoms with Gasteiger partial charge >= 0.3 is 0 Å². The number of carbonyl (C=O) groups excluding carboxylic acids is 1. The van der Waals surface area contributed by atoms with Crippen molar-refractivity contribution < 1.29 is 9.53 Å². The molecule has 1 atom stereocenters. The molecular formula is C21H21ClN4O2. The third-order valence-corrected chi connectivity index (χ3v) is 5.19. The summed E-state index contributed by atoms with van der Waals surface area (Å²) in [6, 6.07) is 15.2. The molecule has 1 N–H and O–H groups in total. The van der Waals surface area contributed by atoms with E-state index in [0.29, 0.717) is 30.3 Å². The van der Waals surface area contributed by atoms with E-state index in [1.807, 2.05) is 59.4 Å². The first-order valence-corrected chi connectivity index (χ1v) is 9.46. The molecule has 0 saturated carbocycles. The van der Waals surface area contributed by atoms with Crippen molar-refractivity contribution in [3.63, 3.8) is 0 Å². The lowest BCUT2D eigenvalue weighted by Crippen LogP contribution is -2.44. The van der Waals surface area contributed by atoms with E-state index in [4.69, 9.17) is 16.3 Å². The van der Waals surface area contributed by atoms with E-state index < -0.39 is 0 Å². The second-order valence-electron chi connectivity index (χ2n) is 6.65. The van der Waals surface area contributed by atoms with Crippen LogP contribution in [0.1, 0.15) is 27.7 Å². The number of anilines is 1. The molecule has 0 spiro atoms. The van der Waals surface area contributed by atoms with Crippen molar-refractivity contribution in [2.75, 3.05) is 25.6 Å². The molecule has 7 heteroatoms. The normalized spacial score (nSPS) is 16.0. The fraction of sp³-hybridized carbons (Fsp3) is 0.238. The van der Waals surface area contributed by atoms with Crippen molar-refractivity contribution in [2.24, 2.45) is 0 Å². The van der Waals surface area contributed by atoms with Crippen LogP contribution in [-0.2, 0) is 11.3 Å². The molecule has 1 aliphatic heterocycles. The molecule has 3 aromatic rings. The summed E-state index contributed by atoms with van der Waals surface area (Å²) in [4.78, 5) is 14.8. The Labute approximate surface area is 168 Å². The number of ether oxygens (including phenoxy) is 1. The van der Waals surface area contributed by atoms with Gasteiger partial charge in [-0.2, -0.15) is 5.10 Å². The smallest absolute Gasteiger partial charge is 0.257 e. The molecule has 1 aliphatic rings. The van der Waals surface area contributed by atoms with Gasteiger partial charge in [0.05, 0.1) is 24.9 Å². The number of fused-ring (bicyclic) bond motifs is 1. The monoisotopic (exact) mass is 396 g/mol. The number of amides is 1. The minimum atomic E-state index is -0.308. The highest BCUT2D eigenvalue weighted by molar-refractivity contribution is 6.31. The number of hydrogen-bond donors (Lipinski definition) is 1. The highest BCUT2D eigenvalue weighted by atomic mass is 35.5. The fourth-order valence-electron chi connectivity index (χ4n) is 3.38. The van der Waals surface area contributed by atoms with Gasteiger partial charge in [-0.15, -0.1) is 0 Å². The van der Waals surface area contributed by atoms with Crippen molar-refractivity contribution in [1.29, 1.82) is 0 Å². The van der Waals surface area contributed by atoms with Crippen molar-refractivity contribution in [1.82, 2.24) is 14.7 Å². The zero-order chi connectivity index (χ0) is 19.5. The molecule has 0 fully saturated rings. The summed E-state index contributed by atoms with van der Waals surface area (Å²) >= 11 is 6.27. The van der Waals surface area contributed by atoms with Gasteiger partial charge in [-0.05, 0) is 23.8 Å². The third-order valence-electron chi connectivity index (χ3n) is 4.82. The number of para-hydroxylation sites is 1. The summed E-state index contributed by atoms with van der Waals surface area (Å²) in [7, 11) is 1.63. The maximum Gasteiger partial charge on any atom is 0.257 e. The van der Waals surface area contributed by atoms with Crippen LogP contribution in [0.4, 0.5) is 5.69 Å². The highest BCUT2D eigenvalue weighted by Crippen LogP contribution is 2.32. The average molecular weight is 397 g/mol. The van der Waals surface area contributed by atoms with Crippen molar-refractivity contribution in [2.45, 2.75) is 12.7 Å². The number of nitrogens with zero attached hydrogens (tertiary/aromatic N) is 3. The first kappa shape index (κ1) is 18.5. The maximum atomic E-state index is 13.0. The number of hydrogen-bond acceptors (Lipinski definition) is 4. The lowest BCUT2D eigenvalue weighted by Gasteiger charge is -2.37. The van der Waals surface area contributed by atoms with Gasteiger partial charge in [0.1, 0.15) is 6.17 Å². The molecule has 6 nitrogen and oxygen atoms in total. The molecule has 0 aliphatic carbocycles. The number of rotatable bonds is 6. The molecular weight excluding hydrogens is 376 g/mol. The second kappa shape index (κ2) is 8.04. The predicted octanol–water partition coefficient (Wildman–Crippen LogP) is 3.80. The van der Waals surface area contributed by atoms with Crippen LogP contribution in [-0.4, -0.2) is 40.8 Å². The number of benzene rings is 2. The second-order valence-corrected chi connectivity index (χ2v) is 7.05. The average Bonchev–Trinajstić information content (AvgIpc) is 3.17. The number of halogens is 1. The Morgan fingerprint density at radius 3 is 2.79 bits per heavy atom. The Bertz CT molecular complexity index is 988. The van der Waals surface area contributed by atoms with E-state index >= 15 is 0 Å². The molecule has 0 saturated heterocycles. The van der Waals surface area contributed by atoms with E-state index in [1.165, 1.54) is 0 Å². The van der Waals surface area contributed by atoms with Crippen LogP contribution in [0.5, 0.6) is 0 Å². The highest BCUT2D eigenvalue weighted by Gasteiger charge is 2.33. The number of nitrogens with one attached hydrogen (secondary N) is 1. The molecule has 2 heterocycles. The summed E-state index contributed by atoms with van der Waals surface area (Å²) in [6.45, 7) is 1.51. The molecule has 1 amide bonds. The first-order chi connectivity index (χ1) is 13.7. The quantitative estimate of drug-likeness (QED) is 0.688. The SMILES string of the molecule is COCCN1C(=O)c2ccccc2N[C@@H]1c1cnn(Cc2ccccc2Cl)c1. The van der Waals surface area contributed by atoms with Gasteiger partial charge in [-0.25, -0.2) is 0 Å². The van der Waals surface area contributed by atoms with Gasteiger partial charge in [0.15, 0.2) is 0 Å².